The molecule has 0 radical (unpaired) electrons. The zero-order chi connectivity index (χ0) is 13.2. The number of rotatable bonds is 9. The van der Waals surface area contributed by atoms with Gasteiger partial charge in [-0.2, -0.15) is 11.8 Å². The predicted molar refractivity (Wildman–Crippen MR) is 79.1 cm³/mol. The molecule has 0 fully saturated rings. The largest absolute Gasteiger partial charge is 0.493 e. The molecule has 0 aromatic heterocycles. The quantitative estimate of drug-likeness (QED) is 0.698. The Bertz CT molecular complexity index is 345. The second-order valence-electron chi connectivity index (χ2n) is 4.04. The van der Waals surface area contributed by atoms with E-state index >= 15 is 0 Å². The lowest BCUT2D eigenvalue weighted by molar-refractivity contribution is 0.354. The van der Waals surface area contributed by atoms with E-state index in [1.54, 1.807) is 14.2 Å². The number of hydrogen-bond acceptors (Lipinski definition) is 4. The summed E-state index contributed by atoms with van der Waals surface area (Å²) in [5, 5.41) is 3.45. The number of benzene rings is 1. The van der Waals surface area contributed by atoms with Crippen LogP contribution in [0.2, 0.25) is 0 Å². The van der Waals surface area contributed by atoms with Gasteiger partial charge in [0.2, 0.25) is 0 Å². The predicted octanol–water partition coefficient (Wildman–Crippen LogP) is 2.59. The third-order valence-electron chi connectivity index (χ3n) is 2.74. The summed E-state index contributed by atoms with van der Waals surface area (Å²) in [7, 11) is 3.33. The van der Waals surface area contributed by atoms with E-state index in [4.69, 9.17) is 9.47 Å². The molecule has 1 rings (SSSR count). The highest BCUT2D eigenvalue weighted by Crippen LogP contribution is 2.27. The van der Waals surface area contributed by atoms with E-state index in [0.717, 1.165) is 31.0 Å². The minimum atomic E-state index is 0.786. The van der Waals surface area contributed by atoms with Crippen LogP contribution in [0.1, 0.15) is 12.0 Å². The van der Waals surface area contributed by atoms with Crippen LogP contribution >= 0.6 is 11.8 Å². The summed E-state index contributed by atoms with van der Waals surface area (Å²) < 4.78 is 10.5. The lowest BCUT2D eigenvalue weighted by Crippen LogP contribution is -2.19. The van der Waals surface area contributed by atoms with E-state index in [0.29, 0.717) is 0 Å². The Morgan fingerprint density at radius 2 is 1.89 bits per heavy atom. The van der Waals surface area contributed by atoms with Gasteiger partial charge in [-0.05, 0) is 55.6 Å². The van der Waals surface area contributed by atoms with E-state index in [9.17, 15) is 0 Å². The molecule has 0 aliphatic heterocycles. The van der Waals surface area contributed by atoms with Crippen molar-refractivity contribution in [1.29, 1.82) is 0 Å². The summed E-state index contributed by atoms with van der Waals surface area (Å²) in [6, 6.07) is 6.09. The van der Waals surface area contributed by atoms with Gasteiger partial charge in [0, 0.05) is 0 Å². The van der Waals surface area contributed by atoms with Crippen molar-refractivity contribution in [2.75, 3.05) is 39.3 Å². The third-order valence-corrected chi connectivity index (χ3v) is 3.44. The molecule has 0 spiro atoms. The fourth-order valence-corrected chi connectivity index (χ4v) is 2.17. The van der Waals surface area contributed by atoms with Crippen molar-refractivity contribution in [2.24, 2.45) is 0 Å². The Kier molecular flexibility index (Phi) is 7.69. The topological polar surface area (TPSA) is 30.5 Å². The van der Waals surface area contributed by atoms with E-state index in [2.05, 4.69) is 17.6 Å². The Hall–Kier alpha value is -0.870. The molecule has 1 aromatic carbocycles. The SMILES string of the molecule is COc1ccc(CCNCCCSC)cc1OC. The average Bonchev–Trinajstić information content (AvgIpc) is 2.42. The van der Waals surface area contributed by atoms with Crippen LogP contribution in [0.15, 0.2) is 18.2 Å². The molecule has 18 heavy (non-hydrogen) atoms. The molecule has 0 atom stereocenters. The van der Waals surface area contributed by atoms with E-state index in [-0.39, 0.29) is 0 Å². The molecule has 0 aliphatic rings. The number of methoxy groups -OCH3 is 2. The molecule has 0 bridgehead atoms. The van der Waals surface area contributed by atoms with Gasteiger partial charge in [0.15, 0.2) is 11.5 Å². The van der Waals surface area contributed by atoms with Crippen LogP contribution in [0.4, 0.5) is 0 Å². The molecule has 4 heteroatoms. The summed E-state index contributed by atoms with van der Waals surface area (Å²) in [6.45, 7) is 2.10. The zero-order valence-corrected chi connectivity index (χ0v) is 12.3. The van der Waals surface area contributed by atoms with Crippen LogP contribution < -0.4 is 14.8 Å². The van der Waals surface area contributed by atoms with Gasteiger partial charge < -0.3 is 14.8 Å². The van der Waals surface area contributed by atoms with E-state index in [1.807, 2.05) is 23.9 Å². The van der Waals surface area contributed by atoms with Crippen molar-refractivity contribution < 1.29 is 9.47 Å². The molecule has 0 amide bonds. The molecule has 3 nitrogen and oxygen atoms in total. The van der Waals surface area contributed by atoms with Gasteiger partial charge >= 0.3 is 0 Å². The van der Waals surface area contributed by atoms with Crippen LogP contribution in [-0.2, 0) is 6.42 Å². The molecule has 0 saturated heterocycles. The Balaban J connectivity index is 2.34. The first-order chi connectivity index (χ1) is 8.81. The van der Waals surface area contributed by atoms with E-state index in [1.165, 1.54) is 17.7 Å². The monoisotopic (exact) mass is 269 g/mol. The molecular weight excluding hydrogens is 246 g/mol. The zero-order valence-electron chi connectivity index (χ0n) is 11.5. The van der Waals surface area contributed by atoms with Gasteiger partial charge in [0.1, 0.15) is 0 Å². The third kappa shape index (κ3) is 5.19. The van der Waals surface area contributed by atoms with Crippen molar-refractivity contribution in [3.8, 4) is 11.5 Å². The van der Waals surface area contributed by atoms with Gasteiger partial charge in [-0.1, -0.05) is 6.07 Å². The Morgan fingerprint density at radius 1 is 1.11 bits per heavy atom. The fraction of sp³-hybridized carbons (Fsp3) is 0.571. The molecule has 0 aliphatic carbocycles. The van der Waals surface area contributed by atoms with Gasteiger partial charge in [-0.25, -0.2) is 0 Å². The molecule has 1 aromatic rings. The maximum Gasteiger partial charge on any atom is 0.160 e. The number of nitrogens with one attached hydrogen (secondary N) is 1. The van der Waals surface area contributed by atoms with Crippen molar-refractivity contribution in [3.63, 3.8) is 0 Å². The summed E-state index contributed by atoms with van der Waals surface area (Å²) >= 11 is 1.89. The van der Waals surface area contributed by atoms with Gasteiger partial charge in [0.25, 0.3) is 0 Å². The smallest absolute Gasteiger partial charge is 0.160 e. The normalized spacial score (nSPS) is 10.4. The van der Waals surface area contributed by atoms with Crippen LogP contribution in [0.25, 0.3) is 0 Å². The number of hydrogen-bond donors (Lipinski definition) is 1. The van der Waals surface area contributed by atoms with Crippen LogP contribution in [0.5, 0.6) is 11.5 Å². The molecule has 102 valence electrons. The van der Waals surface area contributed by atoms with Crippen LogP contribution in [0.3, 0.4) is 0 Å². The Morgan fingerprint density at radius 3 is 2.56 bits per heavy atom. The van der Waals surface area contributed by atoms with Crippen molar-refractivity contribution in [2.45, 2.75) is 12.8 Å². The molecule has 0 saturated carbocycles. The highest BCUT2D eigenvalue weighted by molar-refractivity contribution is 7.98. The van der Waals surface area contributed by atoms with Crippen molar-refractivity contribution in [3.05, 3.63) is 23.8 Å². The first kappa shape index (κ1) is 15.2. The maximum atomic E-state index is 5.29. The number of ether oxygens (including phenoxy) is 2. The molecule has 0 heterocycles. The summed E-state index contributed by atoms with van der Waals surface area (Å²) in [5.74, 6) is 2.81. The summed E-state index contributed by atoms with van der Waals surface area (Å²) in [5.41, 5.74) is 1.27. The lowest BCUT2D eigenvalue weighted by atomic mass is 10.1. The summed E-state index contributed by atoms with van der Waals surface area (Å²) in [6.07, 6.45) is 4.39. The number of thioether (sulfide) groups is 1. The molecule has 0 unspecified atom stereocenters. The van der Waals surface area contributed by atoms with Crippen molar-refractivity contribution in [1.82, 2.24) is 5.32 Å². The first-order valence-electron chi connectivity index (χ1n) is 6.22. The van der Waals surface area contributed by atoms with Crippen LogP contribution in [-0.4, -0.2) is 39.3 Å². The molecule has 1 N–H and O–H groups in total. The van der Waals surface area contributed by atoms with E-state index < -0.39 is 0 Å². The first-order valence-corrected chi connectivity index (χ1v) is 7.61. The van der Waals surface area contributed by atoms with Gasteiger partial charge in [0.05, 0.1) is 14.2 Å². The Labute approximate surface area is 114 Å². The van der Waals surface area contributed by atoms with Crippen molar-refractivity contribution >= 4 is 11.8 Å². The second-order valence-corrected chi connectivity index (χ2v) is 5.02. The standard InChI is InChI=1S/C14H23NO2S/c1-16-13-6-5-12(11-14(13)17-2)7-9-15-8-4-10-18-3/h5-6,11,15H,4,7-10H2,1-3H3. The second kappa shape index (κ2) is 9.11. The lowest BCUT2D eigenvalue weighted by Gasteiger charge is -2.10. The minimum absolute atomic E-state index is 0.786. The van der Waals surface area contributed by atoms with Gasteiger partial charge in [-0.15, -0.1) is 0 Å². The van der Waals surface area contributed by atoms with Crippen LogP contribution in [0, 0.1) is 0 Å². The van der Waals surface area contributed by atoms with Gasteiger partial charge in [-0.3, -0.25) is 0 Å². The summed E-state index contributed by atoms with van der Waals surface area (Å²) in [4.78, 5) is 0. The highest BCUT2D eigenvalue weighted by Gasteiger charge is 2.03. The average molecular weight is 269 g/mol. The molecular formula is C14H23NO2S. The maximum absolute atomic E-state index is 5.29. The fourth-order valence-electron chi connectivity index (χ4n) is 1.74. The highest BCUT2D eigenvalue weighted by atomic mass is 32.2. The minimum Gasteiger partial charge on any atom is -0.493 e.